The van der Waals surface area contributed by atoms with Crippen molar-refractivity contribution in [1.29, 1.82) is 0 Å². The average Bonchev–Trinajstić information content (AvgIpc) is 2.30. The largest absolute Gasteiger partial charge is 0.383 e. The van der Waals surface area contributed by atoms with Crippen LogP contribution in [0.3, 0.4) is 0 Å². The van der Waals surface area contributed by atoms with Crippen molar-refractivity contribution >= 4 is 0 Å². The summed E-state index contributed by atoms with van der Waals surface area (Å²) in [5.74, 6) is 0.640. The van der Waals surface area contributed by atoms with Crippen LogP contribution in [0.25, 0.3) is 0 Å². The summed E-state index contributed by atoms with van der Waals surface area (Å²) in [6.45, 7) is 18.8. The molecule has 116 valence electrons. The first-order chi connectivity index (χ1) is 8.72. The molecule has 0 spiro atoms. The van der Waals surface area contributed by atoms with Gasteiger partial charge in [-0.25, -0.2) is 0 Å². The maximum absolute atomic E-state index is 5.28. The van der Waals surface area contributed by atoms with Crippen molar-refractivity contribution in [3.63, 3.8) is 0 Å². The van der Waals surface area contributed by atoms with Gasteiger partial charge in [0.25, 0.3) is 0 Å². The predicted octanol–water partition coefficient (Wildman–Crippen LogP) is 3.15. The fraction of sp³-hybridized carbons (Fsp3) is 1.00. The lowest BCUT2D eigenvalue weighted by Gasteiger charge is -2.40. The molecule has 2 unspecified atom stereocenters. The van der Waals surface area contributed by atoms with Crippen LogP contribution in [0.4, 0.5) is 0 Å². The SMILES string of the molecule is CCC(C)N(CCOC)C(CNC(C)(C)C)C(C)C. The van der Waals surface area contributed by atoms with E-state index in [4.69, 9.17) is 4.74 Å². The number of rotatable bonds is 9. The van der Waals surface area contributed by atoms with E-state index in [9.17, 15) is 0 Å². The molecule has 0 amide bonds. The minimum absolute atomic E-state index is 0.176. The van der Waals surface area contributed by atoms with Gasteiger partial charge >= 0.3 is 0 Å². The molecule has 0 saturated carbocycles. The first kappa shape index (κ1) is 18.9. The van der Waals surface area contributed by atoms with E-state index < -0.39 is 0 Å². The highest BCUT2D eigenvalue weighted by Gasteiger charge is 2.26. The number of hydrogen-bond donors (Lipinski definition) is 1. The molecule has 0 fully saturated rings. The Hall–Kier alpha value is -0.120. The maximum Gasteiger partial charge on any atom is 0.0589 e. The van der Waals surface area contributed by atoms with Crippen LogP contribution in [0, 0.1) is 5.92 Å². The smallest absolute Gasteiger partial charge is 0.0589 e. The van der Waals surface area contributed by atoms with E-state index in [1.54, 1.807) is 7.11 Å². The van der Waals surface area contributed by atoms with Crippen LogP contribution in [-0.4, -0.2) is 49.3 Å². The number of ether oxygens (including phenoxy) is 1. The third-order valence-electron chi connectivity index (χ3n) is 3.75. The van der Waals surface area contributed by atoms with E-state index in [0.29, 0.717) is 18.0 Å². The van der Waals surface area contributed by atoms with Gasteiger partial charge in [-0.2, -0.15) is 0 Å². The van der Waals surface area contributed by atoms with Crippen LogP contribution in [0.5, 0.6) is 0 Å². The monoisotopic (exact) mass is 272 g/mol. The van der Waals surface area contributed by atoms with Crippen LogP contribution in [0.15, 0.2) is 0 Å². The van der Waals surface area contributed by atoms with Crippen LogP contribution in [0.2, 0.25) is 0 Å². The van der Waals surface area contributed by atoms with Gasteiger partial charge in [-0.15, -0.1) is 0 Å². The van der Waals surface area contributed by atoms with Gasteiger partial charge < -0.3 is 10.1 Å². The minimum Gasteiger partial charge on any atom is -0.383 e. The Bertz CT molecular complexity index is 223. The zero-order chi connectivity index (χ0) is 15.1. The summed E-state index contributed by atoms with van der Waals surface area (Å²) in [6, 6.07) is 1.16. The van der Waals surface area contributed by atoms with Crippen molar-refractivity contribution in [2.45, 2.75) is 72.5 Å². The normalized spacial score (nSPS) is 16.1. The second kappa shape index (κ2) is 8.93. The predicted molar refractivity (Wildman–Crippen MR) is 84.7 cm³/mol. The van der Waals surface area contributed by atoms with Crippen molar-refractivity contribution in [2.24, 2.45) is 5.92 Å². The first-order valence-corrected chi connectivity index (χ1v) is 7.72. The van der Waals surface area contributed by atoms with Gasteiger partial charge in [-0.3, -0.25) is 4.90 Å². The molecule has 0 aromatic heterocycles. The van der Waals surface area contributed by atoms with Crippen molar-refractivity contribution in [3.8, 4) is 0 Å². The van der Waals surface area contributed by atoms with Crippen LogP contribution in [0.1, 0.15) is 54.9 Å². The number of nitrogens with zero attached hydrogens (tertiary/aromatic N) is 1. The minimum atomic E-state index is 0.176. The molecular formula is C16H36N2O. The topological polar surface area (TPSA) is 24.5 Å². The average molecular weight is 272 g/mol. The molecule has 0 aliphatic carbocycles. The van der Waals surface area contributed by atoms with E-state index in [0.717, 1.165) is 19.7 Å². The second-order valence-electron chi connectivity index (χ2n) is 6.93. The van der Waals surface area contributed by atoms with E-state index in [1.807, 2.05) is 0 Å². The Kier molecular flexibility index (Phi) is 8.88. The molecule has 2 atom stereocenters. The Morgan fingerprint density at radius 3 is 2.11 bits per heavy atom. The molecule has 0 aromatic carbocycles. The second-order valence-corrected chi connectivity index (χ2v) is 6.93. The fourth-order valence-electron chi connectivity index (χ4n) is 2.29. The molecule has 0 aromatic rings. The summed E-state index contributed by atoms with van der Waals surface area (Å²) in [4.78, 5) is 2.60. The Labute approximate surface area is 121 Å². The van der Waals surface area contributed by atoms with Crippen LogP contribution in [-0.2, 0) is 4.74 Å². The van der Waals surface area contributed by atoms with Crippen LogP contribution < -0.4 is 5.32 Å². The van der Waals surface area contributed by atoms with Gasteiger partial charge in [0.2, 0.25) is 0 Å². The number of hydrogen-bond acceptors (Lipinski definition) is 3. The summed E-state index contributed by atoms with van der Waals surface area (Å²) < 4.78 is 5.28. The van der Waals surface area contributed by atoms with Crippen molar-refractivity contribution in [2.75, 3.05) is 26.8 Å². The lowest BCUT2D eigenvalue weighted by molar-refractivity contribution is 0.0648. The summed E-state index contributed by atoms with van der Waals surface area (Å²) in [7, 11) is 1.78. The van der Waals surface area contributed by atoms with Crippen molar-refractivity contribution < 1.29 is 4.74 Å². The molecule has 0 aliphatic heterocycles. The third kappa shape index (κ3) is 7.91. The van der Waals surface area contributed by atoms with E-state index >= 15 is 0 Å². The molecule has 0 rings (SSSR count). The van der Waals surface area contributed by atoms with Gasteiger partial charge in [0, 0.05) is 37.8 Å². The molecule has 3 nitrogen and oxygen atoms in total. The zero-order valence-electron chi connectivity index (χ0n) is 14.4. The lowest BCUT2D eigenvalue weighted by atomic mass is 9.98. The highest BCUT2D eigenvalue weighted by atomic mass is 16.5. The number of methoxy groups -OCH3 is 1. The molecule has 0 bridgehead atoms. The molecule has 0 aliphatic rings. The van der Waals surface area contributed by atoms with Crippen LogP contribution >= 0.6 is 0 Å². The summed E-state index contributed by atoms with van der Waals surface area (Å²) in [6.07, 6.45) is 1.18. The lowest BCUT2D eigenvalue weighted by Crippen LogP contribution is -2.53. The quantitative estimate of drug-likeness (QED) is 0.698. The molecular weight excluding hydrogens is 236 g/mol. The zero-order valence-corrected chi connectivity index (χ0v) is 14.4. The highest BCUT2D eigenvalue weighted by Crippen LogP contribution is 2.16. The first-order valence-electron chi connectivity index (χ1n) is 7.72. The van der Waals surface area contributed by atoms with Crippen molar-refractivity contribution in [3.05, 3.63) is 0 Å². The van der Waals surface area contributed by atoms with Gasteiger partial charge in [0.1, 0.15) is 0 Å². The molecule has 1 N–H and O–H groups in total. The Morgan fingerprint density at radius 1 is 1.16 bits per heavy atom. The fourth-order valence-corrected chi connectivity index (χ4v) is 2.29. The van der Waals surface area contributed by atoms with Gasteiger partial charge in [0.15, 0.2) is 0 Å². The van der Waals surface area contributed by atoms with Crippen molar-refractivity contribution in [1.82, 2.24) is 10.2 Å². The summed E-state index contributed by atoms with van der Waals surface area (Å²) >= 11 is 0. The Morgan fingerprint density at radius 2 is 1.74 bits per heavy atom. The van der Waals surface area contributed by atoms with Gasteiger partial charge in [-0.05, 0) is 40.0 Å². The van der Waals surface area contributed by atoms with Gasteiger partial charge in [-0.1, -0.05) is 20.8 Å². The number of nitrogens with one attached hydrogen (secondary N) is 1. The molecule has 0 saturated heterocycles. The molecule has 0 heterocycles. The standard InChI is InChI=1S/C16H36N2O/c1-9-14(4)18(10-11-19-8)15(13(2)3)12-17-16(5,6)7/h13-15,17H,9-12H2,1-8H3. The maximum atomic E-state index is 5.28. The summed E-state index contributed by atoms with van der Waals surface area (Å²) in [5, 5.41) is 3.66. The van der Waals surface area contributed by atoms with Gasteiger partial charge in [0.05, 0.1) is 6.61 Å². The summed E-state index contributed by atoms with van der Waals surface area (Å²) in [5.41, 5.74) is 0.176. The Balaban J connectivity index is 4.74. The highest BCUT2D eigenvalue weighted by molar-refractivity contribution is 4.83. The van der Waals surface area contributed by atoms with E-state index in [2.05, 4.69) is 58.7 Å². The van der Waals surface area contributed by atoms with E-state index in [1.165, 1.54) is 6.42 Å². The molecule has 0 radical (unpaired) electrons. The molecule has 19 heavy (non-hydrogen) atoms. The molecule has 3 heteroatoms. The third-order valence-corrected chi connectivity index (χ3v) is 3.75. The van der Waals surface area contributed by atoms with E-state index in [-0.39, 0.29) is 5.54 Å².